The van der Waals surface area contributed by atoms with Crippen LogP contribution in [0.3, 0.4) is 0 Å². The van der Waals surface area contributed by atoms with Gasteiger partial charge in [0.1, 0.15) is 0 Å². The zero-order valence-corrected chi connectivity index (χ0v) is 13.5. The first kappa shape index (κ1) is 12.8. The summed E-state index contributed by atoms with van der Waals surface area (Å²) >= 11 is -1.11. The molecule has 2 rings (SSSR count). The number of alkyl halides is 4. The molecule has 1 saturated heterocycles. The Balaban J connectivity index is 1.77. The normalized spacial score (nSPS) is 20.1. The molecule has 0 N–H and O–H groups in total. The number of rotatable bonds is 5. The molecule has 0 amide bonds. The van der Waals surface area contributed by atoms with Gasteiger partial charge in [0, 0.05) is 0 Å². The van der Waals surface area contributed by atoms with Crippen molar-refractivity contribution in [1.82, 2.24) is 0 Å². The van der Waals surface area contributed by atoms with Crippen LogP contribution in [0.5, 0.6) is 0 Å². The SMILES string of the molecule is CC[I-]1(CCCc2ccc(P)cc2)CCC1. The number of hydrogen-bond donors (Lipinski definition) is 0. The third-order valence-corrected chi connectivity index (χ3v) is 16.4. The van der Waals surface area contributed by atoms with Gasteiger partial charge >= 0.3 is 107 Å². The van der Waals surface area contributed by atoms with Crippen LogP contribution >= 0.6 is 9.24 Å². The third-order valence-electron chi connectivity index (χ3n) is 3.62. The number of aryl methyl sites for hydroxylation is 1. The van der Waals surface area contributed by atoms with Gasteiger partial charge in [-0.2, -0.15) is 0 Å². The summed E-state index contributed by atoms with van der Waals surface area (Å²) in [5.41, 5.74) is 1.53. The molecule has 1 unspecified atom stereocenters. The van der Waals surface area contributed by atoms with E-state index in [4.69, 9.17) is 0 Å². The molecule has 2 heteroatoms. The summed E-state index contributed by atoms with van der Waals surface area (Å²) in [5.74, 6) is 0. The molecule has 0 bridgehead atoms. The fraction of sp³-hybridized carbons (Fsp3) is 0.571. The van der Waals surface area contributed by atoms with Crippen LogP contribution in [-0.2, 0) is 6.42 Å². The number of hydrogen-bond acceptors (Lipinski definition) is 0. The Hall–Kier alpha value is 0.380. The van der Waals surface area contributed by atoms with Crippen LogP contribution in [0, 0.1) is 0 Å². The van der Waals surface area contributed by atoms with Gasteiger partial charge in [0.05, 0.1) is 0 Å². The Morgan fingerprint density at radius 2 is 1.88 bits per heavy atom. The van der Waals surface area contributed by atoms with E-state index in [2.05, 4.69) is 40.4 Å². The Bertz CT molecular complexity index is 322. The minimum absolute atomic E-state index is 1.11. The Kier molecular flexibility index (Phi) is 4.66. The van der Waals surface area contributed by atoms with Crippen molar-refractivity contribution in [3.05, 3.63) is 29.8 Å². The van der Waals surface area contributed by atoms with Gasteiger partial charge in [-0.1, -0.05) is 0 Å². The van der Waals surface area contributed by atoms with E-state index in [-0.39, 0.29) is 0 Å². The van der Waals surface area contributed by atoms with Gasteiger partial charge in [0.15, 0.2) is 0 Å². The van der Waals surface area contributed by atoms with Crippen molar-refractivity contribution in [2.45, 2.75) is 26.2 Å². The molecule has 0 saturated carbocycles. The molecule has 0 aromatic heterocycles. The second-order valence-corrected chi connectivity index (χ2v) is 16.6. The fourth-order valence-corrected chi connectivity index (χ4v) is 10.8. The molecule has 92 valence electrons. The molecule has 0 radical (unpaired) electrons. The van der Waals surface area contributed by atoms with E-state index in [1.54, 1.807) is 24.1 Å². The Labute approximate surface area is 106 Å². The van der Waals surface area contributed by atoms with Gasteiger partial charge in [0.2, 0.25) is 0 Å². The first-order chi connectivity index (χ1) is 7.74. The van der Waals surface area contributed by atoms with Crippen molar-refractivity contribution in [1.29, 1.82) is 0 Å². The molecule has 0 spiro atoms. The van der Waals surface area contributed by atoms with Crippen molar-refractivity contribution in [3.8, 4) is 0 Å². The standard InChI is InChI=1S/C14H23IP/c1-2-15(11-4-12-15)10-3-5-13-6-8-14(16)9-7-13/h6-9H,2-5,10-12,16H2,1H3/q-1. The molecule has 1 atom stereocenters. The van der Waals surface area contributed by atoms with Crippen LogP contribution in [0.2, 0.25) is 0 Å². The van der Waals surface area contributed by atoms with Gasteiger partial charge in [-0.05, 0) is 0 Å². The van der Waals surface area contributed by atoms with Gasteiger partial charge in [-0.3, -0.25) is 0 Å². The Morgan fingerprint density at radius 1 is 1.19 bits per heavy atom. The molecular formula is C14H23IP-. The van der Waals surface area contributed by atoms with E-state index in [1.807, 2.05) is 0 Å². The Morgan fingerprint density at radius 3 is 2.38 bits per heavy atom. The average Bonchev–Trinajstić information content (AvgIpc) is 2.25. The van der Waals surface area contributed by atoms with E-state index in [1.165, 1.54) is 23.7 Å². The van der Waals surface area contributed by atoms with E-state index in [0.717, 1.165) is 0 Å². The van der Waals surface area contributed by atoms with Crippen LogP contribution in [0.25, 0.3) is 0 Å². The van der Waals surface area contributed by atoms with Crippen LogP contribution in [-0.4, -0.2) is 17.7 Å². The maximum absolute atomic E-state index is 2.75. The first-order valence-electron chi connectivity index (χ1n) is 6.24. The molecule has 1 fully saturated rings. The zero-order valence-electron chi connectivity index (χ0n) is 10.2. The van der Waals surface area contributed by atoms with Gasteiger partial charge < -0.3 is 0 Å². The van der Waals surface area contributed by atoms with E-state index < -0.39 is 18.4 Å². The molecule has 0 aliphatic carbocycles. The van der Waals surface area contributed by atoms with Crippen molar-refractivity contribution in [3.63, 3.8) is 0 Å². The van der Waals surface area contributed by atoms with Crippen LogP contribution in [0.1, 0.15) is 25.3 Å². The molecule has 16 heavy (non-hydrogen) atoms. The van der Waals surface area contributed by atoms with E-state index in [0.29, 0.717) is 0 Å². The summed E-state index contributed by atoms with van der Waals surface area (Å²) in [7, 11) is 2.75. The maximum atomic E-state index is 2.75. The molecule has 1 aliphatic rings. The number of halogens is 1. The second kappa shape index (κ2) is 5.82. The average molecular weight is 349 g/mol. The first-order valence-corrected chi connectivity index (χ1v) is 12.9. The summed E-state index contributed by atoms with van der Waals surface area (Å²) in [4.78, 5) is 0. The summed E-state index contributed by atoms with van der Waals surface area (Å²) in [6.07, 6.45) is 4.29. The molecule has 1 aliphatic heterocycles. The van der Waals surface area contributed by atoms with Gasteiger partial charge in [0.25, 0.3) is 0 Å². The quantitative estimate of drug-likeness (QED) is 0.389. The molecule has 1 aromatic rings. The third kappa shape index (κ3) is 3.20. The summed E-state index contributed by atoms with van der Waals surface area (Å²) in [6.45, 7) is 2.44. The van der Waals surface area contributed by atoms with Crippen molar-refractivity contribution in [2.75, 3.05) is 17.7 Å². The summed E-state index contributed by atoms with van der Waals surface area (Å²) in [6, 6.07) is 8.99. The van der Waals surface area contributed by atoms with E-state index >= 15 is 0 Å². The monoisotopic (exact) mass is 349 g/mol. The molecule has 1 aromatic carbocycles. The molecular weight excluding hydrogens is 326 g/mol. The summed E-state index contributed by atoms with van der Waals surface area (Å²) < 4.78 is 6.50. The molecule has 0 nitrogen and oxygen atoms in total. The minimum atomic E-state index is -1.11. The molecule has 1 heterocycles. The predicted molar refractivity (Wildman–Crippen MR) is 73.9 cm³/mol. The summed E-state index contributed by atoms with van der Waals surface area (Å²) in [5, 5.41) is 1.30. The van der Waals surface area contributed by atoms with Crippen molar-refractivity contribution >= 4 is 14.5 Å². The van der Waals surface area contributed by atoms with Gasteiger partial charge in [-0.15, -0.1) is 0 Å². The van der Waals surface area contributed by atoms with Crippen molar-refractivity contribution in [2.24, 2.45) is 0 Å². The predicted octanol–water partition coefficient (Wildman–Crippen LogP) is -0.296. The fourth-order valence-electron chi connectivity index (χ4n) is 2.34. The zero-order chi connectivity index (χ0) is 11.4. The van der Waals surface area contributed by atoms with Crippen LogP contribution in [0.4, 0.5) is 0 Å². The van der Waals surface area contributed by atoms with Crippen LogP contribution < -0.4 is 23.7 Å². The van der Waals surface area contributed by atoms with E-state index in [9.17, 15) is 0 Å². The van der Waals surface area contributed by atoms with Crippen molar-refractivity contribution < 1.29 is 18.4 Å². The number of benzene rings is 1. The van der Waals surface area contributed by atoms with Gasteiger partial charge in [-0.25, -0.2) is 0 Å². The van der Waals surface area contributed by atoms with Crippen LogP contribution in [0.15, 0.2) is 24.3 Å². The topological polar surface area (TPSA) is 0 Å². The second-order valence-electron chi connectivity index (χ2n) is 4.67.